The number of carbonyl (C=O) groups is 1. The molecule has 6 heteroatoms. The van der Waals surface area contributed by atoms with Gasteiger partial charge in [-0.15, -0.1) is 0 Å². The van der Waals surface area contributed by atoms with Crippen LogP contribution in [0.5, 0.6) is 0 Å². The Morgan fingerprint density at radius 2 is 1.76 bits per heavy atom. The number of nitrogens with one attached hydrogen (secondary N) is 3. The van der Waals surface area contributed by atoms with Crippen LogP contribution >= 0.6 is 11.6 Å². The largest absolute Gasteiger partial charge is 0.372 e. The molecule has 0 radical (unpaired) electrons. The molecule has 3 N–H and O–H groups in total. The molecule has 2 aromatic rings. The molecule has 2 atom stereocenters. The van der Waals surface area contributed by atoms with Crippen LogP contribution in [0.3, 0.4) is 0 Å². The Kier molecular flexibility index (Phi) is 4.37. The second-order valence-corrected chi connectivity index (χ2v) is 7.17. The van der Waals surface area contributed by atoms with E-state index in [1.54, 1.807) is 24.3 Å². The van der Waals surface area contributed by atoms with E-state index in [9.17, 15) is 4.79 Å². The maximum absolute atomic E-state index is 12.0. The summed E-state index contributed by atoms with van der Waals surface area (Å²) in [6, 6.07) is 15.1. The molecule has 25 heavy (non-hydrogen) atoms. The smallest absolute Gasteiger partial charge is 0.323 e. The number of morpholine rings is 1. The summed E-state index contributed by atoms with van der Waals surface area (Å²) in [6.07, 6.45) is 1.98. The van der Waals surface area contributed by atoms with Gasteiger partial charge in [0.05, 0.1) is 12.2 Å². The summed E-state index contributed by atoms with van der Waals surface area (Å²) in [5.74, 6) is 0. The predicted molar refractivity (Wildman–Crippen MR) is 99.3 cm³/mol. The van der Waals surface area contributed by atoms with E-state index in [0.717, 1.165) is 31.7 Å². The fraction of sp³-hybridized carbons (Fsp3) is 0.316. The molecule has 0 aliphatic carbocycles. The third-order valence-corrected chi connectivity index (χ3v) is 5.01. The quantitative estimate of drug-likeness (QED) is 0.782. The van der Waals surface area contributed by atoms with Crippen LogP contribution in [0.4, 0.5) is 16.2 Å². The van der Waals surface area contributed by atoms with Crippen molar-refractivity contribution in [2.75, 3.05) is 23.8 Å². The van der Waals surface area contributed by atoms with Crippen LogP contribution in [-0.4, -0.2) is 30.8 Å². The van der Waals surface area contributed by atoms with Crippen LogP contribution in [0, 0.1) is 0 Å². The van der Waals surface area contributed by atoms with Gasteiger partial charge >= 0.3 is 6.03 Å². The Morgan fingerprint density at radius 3 is 2.28 bits per heavy atom. The molecule has 2 aromatic carbocycles. The summed E-state index contributed by atoms with van der Waals surface area (Å²) in [5.41, 5.74) is 2.61. The normalized spacial score (nSPS) is 24.3. The van der Waals surface area contributed by atoms with Crippen LogP contribution in [0.25, 0.3) is 0 Å². The molecule has 0 saturated carbocycles. The van der Waals surface area contributed by atoms with Gasteiger partial charge in [-0.3, -0.25) is 0 Å². The number of carbonyl (C=O) groups excluding carboxylic acids is 1. The first-order chi connectivity index (χ1) is 12.1. The highest BCUT2D eigenvalue weighted by molar-refractivity contribution is 6.30. The lowest BCUT2D eigenvalue weighted by molar-refractivity contribution is -0.00521. The van der Waals surface area contributed by atoms with E-state index >= 15 is 0 Å². The van der Waals surface area contributed by atoms with E-state index < -0.39 is 0 Å². The van der Waals surface area contributed by atoms with Gasteiger partial charge in [0.2, 0.25) is 0 Å². The van der Waals surface area contributed by atoms with E-state index in [1.807, 2.05) is 24.3 Å². The average molecular weight is 358 g/mol. The average Bonchev–Trinajstić information content (AvgIpc) is 3.19. The zero-order chi connectivity index (χ0) is 17.3. The van der Waals surface area contributed by atoms with Crippen LogP contribution < -0.4 is 16.0 Å². The van der Waals surface area contributed by atoms with E-state index in [-0.39, 0.29) is 11.6 Å². The minimum atomic E-state index is -0.282. The van der Waals surface area contributed by atoms with Gasteiger partial charge in [-0.05, 0) is 48.4 Å². The number of urea groups is 1. The first kappa shape index (κ1) is 16.4. The first-order valence-corrected chi connectivity index (χ1v) is 8.78. The van der Waals surface area contributed by atoms with Crippen molar-refractivity contribution < 1.29 is 9.53 Å². The minimum absolute atomic E-state index is 0.0500. The summed E-state index contributed by atoms with van der Waals surface area (Å²) in [5, 5.41) is 9.72. The van der Waals surface area contributed by atoms with E-state index in [0.29, 0.717) is 16.8 Å². The van der Waals surface area contributed by atoms with Crippen molar-refractivity contribution in [3.63, 3.8) is 0 Å². The second kappa shape index (κ2) is 6.67. The van der Waals surface area contributed by atoms with Gasteiger partial charge in [0.1, 0.15) is 0 Å². The lowest BCUT2D eigenvalue weighted by Crippen LogP contribution is -2.40. The molecule has 2 fully saturated rings. The Balaban J connectivity index is 1.34. The monoisotopic (exact) mass is 357 g/mol. The number of ether oxygens (including phenoxy) is 1. The standard InChI is InChI=1S/C19H20ClN3O2/c20-14-3-7-16(8-4-14)23-18(24)22-15-5-1-13(2-6-15)9-19-10-17(11-25-19)21-12-19/h1-8,17,21H,9-12H2,(H2,22,23,24)/t17-,19?/m1/s1. The topological polar surface area (TPSA) is 62.4 Å². The Hall–Kier alpha value is -2.08. The Labute approximate surface area is 151 Å². The number of halogens is 1. The van der Waals surface area contributed by atoms with Crippen LogP contribution in [-0.2, 0) is 11.2 Å². The fourth-order valence-electron chi connectivity index (χ4n) is 3.52. The molecule has 2 aliphatic rings. The predicted octanol–water partition coefficient (Wildman–Crippen LogP) is 3.66. The number of benzene rings is 2. The molecular weight excluding hydrogens is 338 g/mol. The molecular formula is C19H20ClN3O2. The highest BCUT2D eigenvalue weighted by Crippen LogP contribution is 2.34. The zero-order valence-electron chi connectivity index (χ0n) is 13.7. The SMILES string of the molecule is O=C(Nc1ccc(Cl)cc1)Nc1ccc(CC23CN[C@@H](CO2)C3)cc1. The van der Waals surface area contributed by atoms with E-state index in [4.69, 9.17) is 16.3 Å². The fourth-order valence-corrected chi connectivity index (χ4v) is 3.65. The summed E-state index contributed by atoms with van der Waals surface area (Å²) < 4.78 is 5.96. The molecule has 130 valence electrons. The Bertz CT molecular complexity index is 753. The van der Waals surface area contributed by atoms with Gasteiger partial charge in [-0.2, -0.15) is 0 Å². The van der Waals surface area contributed by atoms with Crippen LogP contribution in [0.1, 0.15) is 12.0 Å². The number of rotatable bonds is 4. The number of fused-ring (bicyclic) bond motifs is 2. The van der Waals surface area contributed by atoms with Crippen molar-refractivity contribution in [2.24, 2.45) is 0 Å². The molecule has 0 aromatic heterocycles. The van der Waals surface area contributed by atoms with Gasteiger partial charge < -0.3 is 20.7 Å². The lowest BCUT2D eigenvalue weighted by Gasteiger charge is -2.26. The summed E-state index contributed by atoms with van der Waals surface area (Å²) in [7, 11) is 0. The molecule has 2 amide bonds. The maximum atomic E-state index is 12.0. The molecule has 5 nitrogen and oxygen atoms in total. The van der Waals surface area contributed by atoms with Gasteiger partial charge in [0, 0.05) is 35.4 Å². The summed E-state index contributed by atoms with van der Waals surface area (Å²) in [6.45, 7) is 1.73. The van der Waals surface area contributed by atoms with Gasteiger partial charge in [0.15, 0.2) is 0 Å². The first-order valence-electron chi connectivity index (χ1n) is 8.40. The molecule has 4 rings (SSSR count). The van der Waals surface area contributed by atoms with Gasteiger partial charge in [0.25, 0.3) is 0 Å². The molecule has 0 spiro atoms. The van der Waals surface area contributed by atoms with Crippen molar-refractivity contribution in [1.29, 1.82) is 0 Å². The van der Waals surface area contributed by atoms with Crippen molar-refractivity contribution in [3.05, 3.63) is 59.1 Å². The molecule has 2 aliphatic heterocycles. The molecule has 2 heterocycles. The van der Waals surface area contributed by atoms with E-state index in [1.165, 1.54) is 5.56 Å². The number of anilines is 2. The highest BCUT2D eigenvalue weighted by atomic mass is 35.5. The van der Waals surface area contributed by atoms with Gasteiger partial charge in [-0.25, -0.2) is 4.79 Å². The number of amides is 2. The number of hydrogen-bond donors (Lipinski definition) is 3. The third-order valence-electron chi connectivity index (χ3n) is 4.76. The van der Waals surface area contributed by atoms with Crippen LogP contribution in [0.15, 0.2) is 48.5 Å². The lowest BCUT2D eigenvalue weighted by atomic mass is 9.93. The van der Waals surface area contributed by atoms with Crippen LogP contribution in [0.2, 0.25) is 5.02 Å². The van der Waals surface area contributed by atoms with Crippen molar-refractivity contribution in [2.45, 2.75) is 24.5 Å². The van der Waals surface area contributed by atoms with E-state index in [2.05, 4.69) is 16.0 Å². The second-order valence-electron chi connectivity index (χ2n) is 6.74. The molecule has 1 unspecified atom stereocenters. The van der Waals surface area contributed by atoms with Crippen molar-refractivity contribution >= 4 is 29.0 Å². The van der Waals surface area contributed by atoms with Gasteiger partial charge in [-0.1, -0.05) is 23.7 Å². The number of hydrogen-bond acceptors (Lipinski definition) is 3. The maximum Gasteiger partial charge on any atom is 0.323 e. The molecule has 2 saturated heterocycles. The summed E-state index contributed by atoms with van der Waals surface area (Å²) in [4.78, 5) is 12.0. The summed E-state index contributed by atoms with van der Waals surface area (Å²) >= 11 is 5.84. The highest BCUT2D eigenvalue weighted by Gasteiger charge is 2.45. The van der Waals surface area contributed by atoms with Crippen molar-refractivity contribution in [3.8, 4) is 0 Å². The Morgan fingerprint density at radius 1 is 1.12 bits per heavy atom. The molecule has 2 bridgehead atoms. The zero-order valence-corrected chi connectivity index (χ0v) is 14.5. The van der Waals surface area contributed by atoms with Crippen molar-refractivity contribution in [1.82, 2.24) is 5.32 Å². The third kappa shape index (κ3) is 3.79. The minimum Gasteiger partial charge on any atom is -0.372 e.